The van der Waals surface area contributed by atoms with Crippen molar-refractivity contribution in [1.29, 1.82) is 0 Å². The third-order valence-corrected chi connectivity index (χ3v) is 3.42. The average molecular weight is 235 g/mol. The molecule has 1 unspecified atom stereocenters. The van der Waals surface area contributed by atoms with Crippen molar-refractivity contribution in [1.82, 2.24) is 15.3 Å². The lowest BCUT2D eigenvalue weighted by Gasteiger charge is -2.20. The molecular weight excluding hydrogens is 214 g/mol. The van der Waals surface area contributed by atoms with E-state index in [-0.39, 0.29) is 0 Å². The van der Waals surface area contributed by atoms with E-state index in [0.29, 0.717) is 6.04 Å². The summed E-state index contributed by atoms with van der Waals surface area (Å²) in [5.41, 5.74) is 0. The highest BCUT2D eigenvalue weighted by atomic mass is 15.2. The fourth-order valence-corrected chi connectivity index (χ4v) is 2.08. The topological polar surface area (TPSA) is 44.3 Å². The highest BCUT2D eigenvalue weighted by Crippen LogP contribution is 2.20. The fourth-order valence-electron chi connectivity index (χ4n) is 2.08. The quantitative estimate of drug-likeness (QED) is 0.833. The Labute approximate surface area is 103 Å². The predicted octanol–water partition coefficient (Wildman–Crippen LogP) is 0.731. The molecule has 1 N–H and O–H groups in total. The molecule has 5 nitrogen and oxygen atoms in total. The van der Waals surface area contributed by atoms with Crippen LogP contribution in [-0.2, 0) is 0 Å². The number of likely N-dealkylation sites (N-methyl/N-ethyl adjacent to an activating group) is 1. The maximum absolute atomic E-state index is 4.37. The summed E-state index contributed by atoms with van der Waals surface area (Å²) >= 11 is 0. The van der Waals surface area contributed by atoms with Gasteiger partial charge in [-0.2, -0.15) is 0 Å². The number of nitrogens with one attached hydrogen (secondary N) is 1. The summed E-state index contributed by atoms with van der Waals surface area (Å²) < 4.78 is 0. The normalized spacial score (nSPS) is 19.7. The summed E-state index contributed by atoms with van der Waals surface area (Å²) in [5.74, 6) is 2.03. The van der Waals surface area contributed by atoms with Crippen LogP contribution in [0.25, 0.3) is 0 Å². The van der Waals surface area contributed by atoms with Crippen molar-refractivity contribution in [3.63, 3.8) is 0 Å². The summed E-state index contributed by atoms with van der Waals surface area (Å²) in [6.07, 6.45) is 2.84. The molecule has 1 saturated heterocycles. The summed E-state index contributed by atoms with van der Waals surface area (Å²) in [7, 11) is 4.07. The summed E-state index contributed by atoms with van der Waals surface area (Å²) in [5, 5.41) is 3.32. The van der Waals surface area contributed by atoms with Gasteiger partial charge in [0, 0.05) is 38.8 Å². The zero-order valence-corrected chi connectivity index (χ0v) is 10.8. The lowest BCUT2D eigenvalue weighted by Crippen LogP contribution is -2.30. The van der Waals surface area contributed by atoms with Crippen LogP contribution in [0.5, 0.6) is 0 Å². The average Bonchev–Trinajstić information content (AvgIpc) is 2.86. The van der Waals surface area contributed by atoms with E-state index in [1.807, 2.05) is 14.1 Å². The van der Waals surface area contributed by atoms with Gasteiger partial charge in [-0.05, 0) is 20.4 Å². The third-order valence-electron chi connectivity index (χ3n) is 3.42. The monoisotopic (exact) mass is 235 g/mol. The standard InChI is InChI=1S/C12H21N5/c1-4-16(3)11-7-12(15-9-14-11)17-6-5-10(8-17)13-2/h7,9-10,13H,4-6,8H2,1-3H3. The molecule has 1 aromatic heterocycles. The Morgan fingerprint density at radius 1 is 1.53 bits per heavy atom. The molecule has 0 aromatic carbocycles. The molecule has 1 aliphatic heterocycles. The van der Waals surface area contributed by atoms with Crippen molar-refractivity contribution in [2.24, 2.45) is 0 Å². The van der Waals surface area contributed by atoms with Crippen molar-refractivity contribution in [3.8, 4) is 0 Å². The van der Waals surface area contributed by atoms with Gasteiger partial charge in [0.25, 0.3) is 0 Å². The third kappa shape index (κ3) is 2.66. The summed E-state index contributed by atoms with van der Waals surface area (Å²) in [6, 6.07) is 2.65. The van der Waals surface area contributed by atoms with Gasteiger partial charge in [-0.25, -0.2) is 9.97 Å². The van der Waals surface area contributed by atoms with Crippen LogP contribution in [0, 0.1) is 0 Å². The Bertz CT molecular complexity index is 368. The molecule has 0 spiro atoms. The van der Waals surface area contributed by atoms with Crippen LogP contribution in [0.1, 0.15) is 13.3 Å². The van der Waals surface area contributed by atoms with E-state index >= 15 is 0 Å². The second kappa shape index (κ2) is 5.31. The molecule has 1 aliphatic rings. The second-order valence-corrected chi connectivity index (χ2v) is 4.47. The predicted molar refractivity (Wildman–Crippen MR) is 70.7 cm³/mol. The largest absolute Gasteiger partial charge is 0.360 e. The zero-order chi connectivity index (χ0) is 12.3. The van der Waals surface area contributed by atoms with E-state index in [2.05, 4.69) is 38.1 Å². The number of hydrogen-bond donors (Lipinski definition) is 1. The van der Waals surface area contributed by atoms with Gasteiger partial charge in [-0.3, -0.25) is 0 Å². The van der Waals surface area contributed by atoms with Crippen molar-refractivity contribution in [3.05, 3.63) is 12.4 Å². The van der Waals surface area contributed by atoms with E-state index in [1.165, 1.54) is 6.42 Å². The molecule has 5 heteroatoms. The lowest BCUT2D eigenvalue weighted by atomic mass is 10.3. The Kier molecular flexibility index (Phi) is 3.78. The number of rotatable bonds is 4. The highest BCUT2D eigenvalue weighted by molar-refractivity contribution is 5.50. The van der Waals surface area contributed by atoms with Crippen molar-refractivity contribution in [2.45, 2.75) is 19.4 Å². The molecule has 1 aromatic rings. The van der Waals surface area contributed by atoms with Crippen LogP contribution < -0.4 is 15.1 Å². The second-order valence-electron chi connectivity index (χ2n) is 4.47. The zero-order valence-electron chi connectivity index (χ0n) is 10.8. The Morgan fingerprint density at radius 2 is 2.35 bits per heavy atom. The van der Waals surface area contributed by atoms with Gasteiger partial charge >= 0.3 is 0 Å². The number of hydrogen-bond acceptors (Lipinski definition) is 5. The molecule has 17 heavy (non-hydrogen) atoms. The lowest BCUT2D eigenvalue weighted by molar-refractivity contribution is 0.616. The van der Waals surface area contributed by atoms with Crippen LogP contribution in [0.4, 0.5) is 11.6 Å². The maximum Gasteiger partial charge on any atom is 0.134 e. The molecule has 2 rings (SSSR count). The Balaban J connectivity index is 2.11. The number of anilines is 2. The summed E-state index contributed by atoms with van der Waals surface area (Å²) in [6.45, 7) is 5.17. The van der Waals surface area contributed by atoms with Crippen LogP contribution in [0.2, 0.25) is 0 Å². The van der Waals surface area contributed by atoms with E-state index < -0.39 is 0 Å². The van der Waals surface area contributed by atoms with Gasteiger partial charge in [-0.1, -0.05) is 0 Å². The van der Waals surface area contributed by atoms with Crippen LogP contribution in [0.3, 0.4) is 0 Å². The van der Waals surface area contributed by atoms with Crippen LogP contribution in [-0.4, -0.2) is 49.7 Å². The molecule has 0 bridgehead atoms. The first-order valence-corrected chi connectivity index (χ1v) is 6.20. The van der Waals surface area contributed by atoms with Crippen molar-refractivity contribution >= 4 is 11.6 Å². The number of nitrogens with zero attached hydrogens (tertiary/aromatic N) is 4. The SMILES string of the molecule is CCN(C)c1cc(N2CCC(NC)C2)ncn1. The van der Waals surface area contributed by atoms with Gasteiger partial charge in [0.05, 0.1) is 0 Å². The van der Waals surface area contributed by atoms with Gasteiger partial charge in [0.15, 0.2) is 0 Å². The minimum absolute atomic E-state index is 0.581. The van der Waals surface area contributed by atoms with Crippen molar-refractivity contribution in [2.75, 3.05) is 43.5 Å². The highest BCUT2D eigenvalue weighted by Gasteiger charge is 2.22. The first-order valence-electron chi connectivity index (χ1n) is 6.20. The Hall–Kier alpha value is -1.36. The molecule has 1 atom stereocenters. The van der Waals surface area contributed by atoms with E-state index in [1.54, 1.807) is 6.33 Å². The minimum Gasteiger partial charge on any atom is -0.360 e. The van der Waals surface area contributed by atoms with Crippen LogP contribution >= 0.6 is 0 Å². The minimum atomic E-state index is 0.581. The molecule has 94 valence electrons. The van der Waals surface area contributed by atoms with Gasteiger partial charge in [-0.15, -0.1) is 0 Å². The summed E-state index contributed by atoms with van der Waals surface area (Å²) in [4.78, 5) is 13.1. The van der Waals surface area contributed by atoms with Gasteiger partial charge in [0.1, 0.15) is 18.0 Å². The molecule has 0 aliphatic carbocycles. The van der Waals surface area contributed by atoms with Gasteiger partial charge < -0.3 is 15.1 Å². The maximum atomic E-state index is 4.37. The van der Waals surface area contributed by atoms with E-state index in [9.17, 15) is 0 Å². The molecule has 0 radical (unpaired) electrons. The molecule has 2 heterocycles. The Morgan fingerprint density at radius 3 is 3.00 bits per heavy atom. The fraction of sp³-hybridized carbons (Fsp3) is 0.667. The molecular formula is C12H21N5. The smallest absolute Gasteiger partial charge is 0.134 e. The first-order chi connectivity index (χ1) is 8.24. The molecule has 1 fully saturated rings. The molecule has 0 amide bonds. The first kappa shape index (κ1) is 12.1. The van der Waals surface area contributed by atoms with Gasteiger partial charge in [0.2, 0.25) is 0 Å². The number of aromatic nitrogens is 2. The molecule has 0 saturated carbocycles. The van der Waals surface area contributed by atoms with E-state index in [0.717, 1.165) is 31.3 Å². The van der Waals surface area contributed by atoms with Crippen LogP contribution in [0.15, 0.2) is 12.4 Å². The van der Waals surface area contributed by atoms with E-state index in [4.69, 9.17) is 0 Å². The van der Waals surface area contributed by atoms with Crippen molar-refractivity contribution < 1.29 is 0 Å².